The molecule has 0 amide bonds. The zero-order chi connectivity index (χ0) is 14.2. The van der Waals surface area contributed by atoms with Gasteiger partial charge in [0.05, 0.1) is 12.3 Å². The van der Waals surface area contributed by atoms with Gasteiger partial charge in [0, 0.05) is 23.7 Å². The van der Waals surface area contributed by atoms with Gasteiger partial charge in [-0.05, 0) is 30.7 Å². The first-order chi connectivity index (χ1) is 10.3. The molecule has 1 aromatic carbocycles. The molecule has 0 radical (unpaired) electrons. The van der Waals surface area contributed by atoms with Gasteiger partial charge >= 0.3 is 0 Å². The monoisotopic (exact) mass is 279 g/mol. The number of pyridine rings is 1. The first-order valence-electron chi connectivity index (χ1n) is 6.83. The van der Waals surface area contributed by atoms with Crippen molar-refractivity contribution in [1.29, 1.82) is 0 Å². The lowest BCUT2D eigenvalue weighted by Gasteiger charge is -2.07. The summed E-state index contributed by atoms with van der Waals surface area (Å²) in [6, 6.07) is 9.96. The molecule has 0 atom stereocenters. The summed E-state index contributed by atoms with van der Waals surface area (Å²) in [6.45, 7) is 2.53. The van der Waals surface area contributed by atoms with Gasteiger partial charge in [0.25, 0.3) is 5.89 Å². The Morgan fingerprint density at radius 2 is 2.14 bits per heavy atom. The van der Waals surface area contributed by atoms with Gasteiger partial charge < -0.3 is 9.26 Å². The molecular formula is C16H13N3O2. The van der Waals surface area contributed by atoms with Crippen molar-refractivity contribution < 1.29 is 9.26 Å². The highest BCUT2D eigenvalue weighted by Crippen LogP contribution is 2.36. The standard InChI is InChI=1S/C16H13N3O2/c1-10-18-16(21-19-10)12-5-7-17-14(9-12)13-4-2-3-11-6-8-20-15(11)13/h2-5,7,9H,6,8H2,1H3. The maximum Gasteiger partial charge on any atom is 0.258 e. The third-order valence-electron chi connectivity index (χ3n) is 3.52. The van der Waals surface area contributed by atoms with Crippen LogP contribution < -0.4 is 4.74 Å². The number of ether oxygens (including phenoxy) is 1. The Balaban J connectivity index is 1.82. The largest absolute Gasteiger partial charge is 0.492 e. The van der Waals surface area contributed by atoms with E-state index in [1.54, 1.807) is 13.1 Å². The Labute approximate surface area is 121 Å². The summed E-state index contributed by atoms with van der Waals surface area (Å²) in [5.74, 6) is 2.06. The normalized spacial score (nSPS) is 13.0. The zero-order valence-corrected chi connectivity index (χ0v) is 11.5. The van der Waals surface area contributed by atoms with Crippen LogP contribution in [0.2, 0.25) is 0 Å². The number of aryl methyl sites for hydroxylation is 1. The van der Waals surface area contributed by atoms with Gasteiger partial charge in [0.2, 0.25) is 0 Å². The van der Waals surface area contributed by atoms with Crippen LogP contribution in [-0.4, -0.2) is 21.7 Å². The maximum absolute atomic E-state index is 5.74. The quantitative estimate of drug-likeness (QED) is 0.721. The molecule has 5 heteroatoms. The fourth-order valence-corrected chi connectivity index (χ4v) is 2.54. The average Bonchev–Trinajstić information content (AvgIpc) is 3.15. The van der Waals surface area contributed by atoms with Gasteiger partial charge in [0.15, 0.2) is 5.82 Å². The van der Waals surface area contributed by atoms with Crippen LogP contribution in [0.25, 0.3) is 22.7 Å². The van der Waals surface area contributed by atoms with Crippen LogP contribution in [0.4, 0.5) is 0 Å². The molecule has 21 heavy (non-hydrogen) atoms. The van der Waals surface area contributed by atoms with E-state index in [4.69, 9.17) is 9.26 Å². The molecule has 2 aromatic heterocycles. The van der Waals surface area contributed by atoms with E-state index in [1.165, 1.54) is 5.56 Å². The molecule has 0 fully saturated rings. The molecule has 0 spiro atoms. The summed E-state index contributed by atoms with van der Waals surface area (Å²) in [4.78, 5) is 8.70. The van der Waals surface area contributed by atoms with E-state index in [2.05, 4.69) is 21.2 Å². The molecule has 0 N–H and O–H groups in total. The second-order valence-electron chi connectivity index (χ2n) is 4.97. The van der Waals surface area contributed by atoms with Gasteiger partial charge in [-0.2, -0.15) is 4.98 Å². The number of rotatable bonds is 2. The van der Waals surface area contributed by atoms with Gasteiger partial charge in [-0.3, -0.25) is 4.98 Å². The molecule has 0 aliphatic carbocycles. The molecule has 0 saturated heterocycles. The van der Waals surface area contributed by atoms with Crippen molar-refractivity contribution in [2.45, 2.75) is 13.3 Å². The number of aromatic nitrogens is 3. The third-order valence-corrected chi connectivity index (χ3v) is 3.52. The SMILES string of the molecule is Cc1noc(-c2ccnc(-c3cccc4c3OCC4)c2)n1. The van der Waals surface area contributed by atoms with Crippen LogP contribution in [0, 0.1) is 6.92 Å². The van der Waals surface area contributed by atoms with Crippen molar-refractivity contribution in [3.63, 3.8) is 0 Å². The highest BCUT2D eigenvalue weighted by molar-refractivity contribution is 5.73. The molecule has 104 valence electrons. The van der Waals surface area contributed by atoms with Crippen LogP contribution in [-0.2, 0) is 6.42 Å². The number of fused-ring (bicyclic) bond motifs is 1. The predicted octanol–water partition coefficient (Wildman–Crippen LogP) is 3.04. The smallest absolute Gasteiger partial charge is 0.258 e. The van der Waals surface area contributed by atoms with E-state index in [0.29, 0.717) is 11.7 Å². The molecule has 0 unspecified atom stereocenters. The zero-order valence-electron chi connectivity index (χ0n) is 11.5. The fraction of sp³-hybridized carbons (Fsp3) is 0.188. The maximum atomic E-state index is 5.74. The van der Waals surface area contributed by atoms with Gasteiger partial charge in [0.1, 0.15) is 5.75 Å². The Hall–Kier alpha value is -2.69. The Kier molecular flexibility index (Phi) is 2.70. The summed E-state index contributed by atoms with van der Waals surface area (Å²) < 4.78 is 11.0. The van der Waals surface area contributed by atoms with Crippen molar-refractivity contribution >= 4 is 0 Å². The fourth-order valence-electron chi connectivity index (χ4n) is 2.54. The summed E-state index contributed by atoms with van der Waals surface area (Å²) in [6.07, 6.45) is 2.70. The average molecular weight is 279 g/mol. The summed E-state index contributed by atoms with van der Waals surface area (Å²) in [5, 5.41) is 3.82. The minimum atomic E-state index is 0.504. The minimum Gasteiger partial charge on any atom is -0.492 e. The molecule has 5 nitrogen and oxygen atoms in total. The van der Waals surface area contributed by atoms with Crippen molar-refractivity contribution in [3.8, 4) is 28.5 Å². The van der Waals surface area contributed by atoms with E-state index in [9.17, 15) is 0 Å². The molecule has 4 rings (SSSR count). The highest BCUT2D eigenvalue weighted by Gasteiger charge is 2.18. The lowest BCUT2D eigenvalue weighted by atomic mass is 10.0. The Morgan fingerprint density at radius 3 is 3.00 bits per heavy atom. The van der Waals surface area contributed by atoms with Gasteiger partial charge in [-0.15, -0.1) is 0 Å². The van der Waals surface area contributed by atoms with Gasteiger partial charge in [-0.25, -0.2) is 0 Å². The van der Waals surface area contributed by atoms with Crippen LogP contribution >= 0.6 is 0 Å². The number of hydrogen-bond acceptors (Lipinski definition) is 5. The molecule has 0 bridgehead atoms. The molecule has 3 heterocycles. The number of benzene rings is 1. The number of para-hydroxylation sites is 1. The van der Waals surface area contributed by atoms with E-state index >= 15 is 0 Å². The summed E-state index contributed by atoms with van der Waals surface area (Å²) in [7, 11) is 0. The summed E-state index contributed by atoms with van der Waals surface area (Å²) >= 11 is 0. The van der Waals surface area contributed by atoms with E-state index in [1.807, 2.05) is 24.3 Å². The van der Waals surface area contributed by atoms with Crippen LogP contribution in [0.15, 0.2) is 41.1 Å². The van der Waals surface area contributed by atoms with E-state index in [-0.39, 0.29) is 0 Å². The van der Waals surface area contributed by atoms with Crippen molar-refractivity contribution in [3.05, 3.63) is 47.9 Å². The van der Waals surface area contributed by atoms with Crippen molar-refractivity contribution in [1.82, 2.24) is 15.1 Å². The number of nitrogens with zero attached hydrogens (tertiary/aromatic N) is 3. The molecule has 0 saturated carbocycles. The second-order valence-corrected chi connectivity index (χ2v) is 4.97. The predicted molar refractivity (Wildman–Crippen MR) is 76.9 cm³/mol. The first kappa shape index (κ1) is 12.1. The minimum absolute atomic E-state index is 0.504. The van der Waals surface area contributed by atoms with E-state index < -0.39 is 0 Å². The molecule has 1 aliphatic heterocycles. The third kappa shape index (κ3) is 2.07. The lowest BCUT2D eigenvalue weighted by molar-refractivity contribution is 0.358. The Morgan fingerprint density at radius 1 is 1.19 bits per heavy atom. The Bertz CT molecular complexity index is 811. The van der Waals surface area contributed by atoms with Crippen LogP contribution in [0.3, 0.4) is 0 Å². The molecule has 3 aromatic rings. The van der Waals surface area contributed by atoms with Crippen LogP contribution in [0.1, 0.15) is 11.4 Å². The molecular weight excluding hydrogens is 266 g/mol. The van der Waals surface area contributed by atoms with Crippen molar-refractivity contribution in [2.24, 2.45) is 0 Å². The topological polar surface area (TPSA) is 61.0 Å². The second kappa shape index (κ2) is 4.70. The number of hydrogen-bond donors (Lipinski definition) is 0. The molecule has 1 aliphatic rings. The van der Waals surface area contributed by atoms with E-state index in [0.717, 1.165) is 35.6 Å². The first-order valence-corrected chi connectivity index (χ1v) is 6.83. The van der Waals surface area contributed by atoms with Gasteiger partial charge in [-0.1, -0.05) is 17.3 Å². The van der Waals surface area contributed by atoms with Crippen LogP contribution in [0.5, 0.6) is 5.75 Å². The summed E-state index contributed by atoms with van der Waals surface area (Å²) in [5.41, 5.74) is 3.94. The van der Waals surface area contributed by atoms with Crippen molar-refractivity contribution in [2.75, 3.05) is 6.61 Å². The lowest BCUT2D eigenvalue weighted by Crippen LogP contribution is -1.91. The highest BCUT2D eigenvalue weighted by atomic mass is 16.5.